The first-order chi connectivity index (χ1) is 11.8. The molecule has 1 aromatic heterocycles. The van der Waals surface area contributed by atoms with Crippen LogP contribution in [0.4, 0.5) is 0 Å². The normalized spacial score (nSPS) is 12.8. The second-order valence-corrected chi connectivity index (χ2v) is 5.60. The maximum absolute atomic E-state index is 12.6. The van der Waals surface area contributed by atoms with Crippen molar-refractivity contribution in [3.63, 3.8) is 0 Å². The standard InChI is InChI=1S/C19H15N3O2/c23-19(22-11-15-10-20-13-21-18(15)12-22)14-6-8-17(9-7-14)24-16-4-2-1-3-5-16/h1-10,13H,11-12H2. The van der Waals surface area contributed by atoms with Crippen LogP contribution in [-0.2, 0) is 13.1 Å². The van der Waals surface area contributed by atoms with Gasteiger partial charge in [0.05, 0.1) is 12.2 Å². The molecule has 5 nitrogen and oxygen atoms in total. The Bertz CT molecular complexity index is 838. The highest BCUT2D eigenvalue weighted by atomic mass is 16.5. The van der Waals surface area contributed by atoms with Crippen LogP contribution < -0.4 is 4.74 Å². The Morgan fingerprint density at radius 3 is 2.46 bits per heavy atom. The fourth-order valence-corrected chi connectivity index (χ4v) is 2.72. The van der Waals surface area contributed by atoms with E-state index in [1.165, 1.54) is 6.33 Å². The van der Waals surface area contributed by atoms with Gasteiger partial charge in [0.25, 0.3) is 5.91 Å². The highest BCUT2D eigenvalue weighted by Crippen LogP contribution is 2.24. The molecule has 0 saturated heterocycles. The van der Waals surface area contributed by atoms with Crippen molar-refractivity contribution in [2.45, 2.75) is 13.1 Å². The number of carbonyl (C=O) groups is 1. The molecule has 0 unspecified atom stereocenters. The Balaban J connectivity index is 1.46. The Hall–Kier alpha value is -3.21. The third kappa shape index (κ3) is 2.84. The Morgan fingerprint density at radius 2 is 1.71 bits per heavy atom. The minimum Gasteiger partial charge on any atom is -0.457 e. The quantitative estimate of drug-likeness (QED) is 0.742. The molecule has 0 radical (unpaired) electrons. The zero-order chi connectivity index (χ0) is 16.4. The van der Waals surface area contributed by atoms with Crippen LogP contribution in [0, 0.1) is 0 Å². The summed E-state index contributed by atoms with van der Waals surface area (Å²) in [6.07, 6.45) is 3.29. The molecule has 0 N–H and O–H groups in total. The second kappa shape index (κ2) is 6.12. The summed E-state index contributed by atoms with van der Waals surface area (Å²) in [6, 6.07) is 16.7. The largest absolute Gasteiger partial charge is 0.457 e. The molecule has 118 valence electrons. The summed E-state index contributed by atoms with van der Waals surface area (Å²) in [5.74, 6) is 1.46. The second-order valence-electron chi connectivity index (χ2n) is 5.60. The van der Waals surface area contributed by atoms with E-state index in [4.69, 9.17) is 4.74 Å². The van der Waals surface area contributed by atoms with E-state index in [-0.39, 0.29) is 5.91 Å². The van der Waals surface area contributed by atoms with Gasteiger partial charge >= 0.3 is 0 Å². The van der Waals surface area contributed by atoms with E-state index in [0.717, 1.165) is 17.0 Å². The predicted octanol–water partition coefficient (Wildman–Crippen LogP) is 3.42. The molecule has 24 heavy (non-hydrogen) atoms. The van der Waals surface area contributed by atoms with Crippen LogP contribution in [0.25, 0.3) is 0 Å². The summed E-state index contributed by atoms with van der Waals surface area (Å²) in [6.45, 7) is 1.08. The maximum atomic E-state index is 12.6. The lowest BCUT2D eigenvalue weighted by molar-refractivity contribution is 0.0750. The van der Waals surface area contributed by atoms with E-state index >= 15 is 0 Å². The van der Waals surface area contributed by atoms with Crippen LogP contribution in [0.5, 0.6) is 11.5 Å². The molecule has 0 atom stereocenters. The highest BCUT2D eigenvalue weighted by molar-refractivity contribution is 5.94. The van der Waals surface area contributed by atoms with Gasteiger partial charge in [-0.1, -0.05) is 18.2 Å². The number of carbonyl (C=O) groups excluding carboxylic acids is 1. The first-order valence-electron chi connectivity index (χ1n) is 7.69. The number of nitrogens with zero attached hydrogens (tertiary/aromatic N) is 3. The van der Waals surface area contributed by atoms with Gasteiger partial charge in [-0.25, -0.2) is 9.97 Å². The summed E-state index contributed by atoms with van der Waals surface area (Å²) in [4.78, 5) is 22.6. The Morgan fingerprint density at radius 1 is 0.958 bits per heavy atom. The molecule has 0 saturated carbocycles. The van der Waals surface area contributed by atoms with Crippen LogP contribution in [0.3, 0.4) is 0 Å². The van der Waals surface area contributed by atoms with E-state index < -0.39 is 0 Å². The first kappa shape index (κ1) is 14.4. The fourth-order valence-electron chi connectivity index (χ4n) is 2.72. The van der Waals surface area contributed by atoms with E-state index in [1.807, 2.05) is 42.5 Å². The molecular weight excluding hydrogens is 302 g/mol. The van der Waals surface area contributed by atoms with Crippen molar-refractivity contribution in [3.8, 4) is 11.5 Å². The maximum Gasteiger partial charge on any atom is 0.254 e. The lowest BCUT2D eigenvalue weighted by atomic mass is 10.2. The van der Waals surface area contributed by atoms with Gasteiger partial charge in [-0.05, 0) is 36.4 Å². The summed E-state index contributed by atoms with van der Waals surface area (Å²) >= 11 is 0. The minimum absolute atomic E-state index is 0.0146. The molecule has 0 bridgehead atoms. The van der Waals surface area contributed by atoms with Gasteiger partial charge in [-0.3, -0.25) is 4.79 Å². The monoisotopic (exact) mass is 317 g/mol. The number of rotatable bonds is 3. The molecule has 0 aliphatic carbocycles. The summed E-state index contributed by atoms with van der Waals surface area (Å²) in [7, 11) is 0. The minimum atomic E-state index is -0.0146. The van der Waals surface area contributed by atoms with Gasteiger partial charge in [0, 0.05) is 23.9 Å². The highest BCUT2D eigenvalue weighted by Gasteiger charge is 2.25. The molecule has 0 spiro atoms. The summed E-state index contributed by atoms with van der Waals surface area (Å²) in [5.41, 5.74) is 2.56. The molecule has 2 heterocycles. The van der Waals surface area contributed by atoms with Crippen molar-refractivity contribution in [2.24, 2.45) is 0 Å². The van der Waals surface area contributed by atoms with Crippen molar-refractivity contribution in [2.75, 3.05) is 0 Å². The zero-order valence-corrected chi connectivity index (χ0v) is 12.9. The van der Waals surface area contributed by atoms with Crippen LogP contribution in [0.15, 0.2) is 67.1 Å². The van der Waals surface area contributed by atoms with Gasteiger partial charge in [-0.15, -0.1) is 0 Å². The smallest absolute Gasteiger partial charge is 0.254 e. The average molecular weight is 317 g/mol. The van der Waals surface area contributed by atoms with Gasteiger partial charge in [0.15, 0.2) is 0 Å². The zero-order valence-electron chi connectivity index (χ0n) is 12.9. The van der Waals surface area contributed by atoms with Gasteiger partial charge in [-0.2, -0.15) is 0 Å². The van der Waals surface area contributed by atoms with Crippen LogP contribution in [0.2, 0.25) is 0 Å². The molecule has 4 rings (SSSR count). The SMILES string of the molecule is O=C(c1ccc(Oc2ccccc2)cc1)N1Cc2cncnc2C1. The lowest BCUT2D eigenvalue weighted by Gasteiger charge is -2.15. The van der Waals surface area contributed by atoms with Crippen molar-refractivity contribution >= 4 is 5.91 Å². The van der Waals surface area contributed by atoms with Gasteiger partial charge in [0.1, 0.15) is 17.8 Å². The number of aromatic nitrogens is 2. The summed E-state index contributed by atoms with van der Waals surface area (Å²) in [5, 5.41) is 0. The Kier molecular flexibility index (Phi) is 3.67. The topological polar surface area (TPSA) is 55.3 Å². The first-order valence-corrected chi connectivity index (χ1v) is 7.69. The third-order valence-electron chi connectivity index (χ3n) is 3.95. The number of ether oxygens (including phenoxy) is 1. The average Bonchev–Trinajstić information content (AvgIpc) is 3.07. The number of para-hydroxylation sites is 1. The summed E-state index contributed by atoms with van der Waals surface area (Å²) < 4.78 is 5.75. The van der Waals surface area contributed by atoms with E-state index in [0.29, 0.717) is 24.4 Å². The van der Waals surface area contributed by atoms with E-state index in [1.54, 1.807) is 23.2 Å². The number of hydrogen-bond acceptors (Lipinski definition) is 4. The van der Waals surface area contributed by atoms with Crippen molar-refractivity contribution in [1.29, 1.82) is 0 Å². The predicted molar refractivity (Wildman–Crippen MR) is 88.6 cm³/mol. The lowest BCUT2D eigenvalue weighted by Crippen LogP contribution is -2.25. The number of amides is 1. The third-order valence-corrected chi connectivity index (χ3v) is 3.95. The molecule has 2 aromatic carbocycles. The van der Waals surface area contributed by atoms with Gasteiger partial charge < -0.3 is 9.64 Å². The number of hydrogen-bond donors (Lipinski definition) is 0. The van der Waals surface area contributed by atoms with E-state index in [2.05, 4.69) is 9.97 Å². The molecular formula is C19H15N3O2. The van der Waals surface area contributed by atoms with Crippen molar-refractivity contribution < 1.29 is 9.53 Å². The molecule has 1 aliphatic heterocycles. The molecule has 5 heteroatoms. The fraction of sp³-hybridized carbons (Fsp3) is 0.105. The van der Waals surface area contributed by atoms with Crippen molar-refractivity contribution in [1.82, 2.24) is 14.9 Å². The van der Waals surface area contributed by atoms with E-state index in [9.17, 15) is 4.79 Å². The Labute approximate surface area is 139 Å². The number of fused-ring (bicyclic) bond motifs is 1. The molecule has 0 fully saturated rings. The van der Waals surface area contributed by atoms with Gasteiger partial charge in [0.2, 0.25) is 0 Å². The van der Waals surface area contributed by atoms with Crippen molar-refractivity contribution in [3.05, 3.63) is 83.9 Å². The van der Waals surface area contributed by atoms with Crippen LogP contribution in [0.1, 0.15) is 21.6 Å². The molecule has 1 aliphatic rings. The molecule has 3 aromatic rings. The molecule has 1 amide bonds. The van der Waals surface area contributed by atoms with Crippen LogP contribution in [-0.4, -0.2) is 20.8 Å². The van der Waals surface area contributed by atoms with Crippen LogP contribution >= 0.6 is 0 Å². The number of benzene rings is 2.